The van der Waals surface area contributed by atoms with Gasteiger partial charge in [-0.25, -0.2) is 0 Å². The first-order valence-electron chi connectivity index (χ1n) is 8.93. The van der Waals surface area contributed by atoms with E-state index in [1.54, 1.807) is 12.1 Å². The Labute approximate surface area is 174 Å². The number of rotatable bonds is 5. The van der Waals surface area contributed by atoms with Gasteiger partial charge in [-0.05, 0) is 48.7 Å². The Kier molecular flexibility index (Phi) is 6.28. The second-order valence-electron chi connectivity index (χ2n) is 6.81. The largest absolute Gasteiger partial charge is 0.508 e. The number of hydrogen-bond acceptors (Lipinski definition) is 2. The van der Waals surface area contributed by atoms with Gasteiger partial charge in [0.2, 0.25) is 5.91 Å². The summed E-state index contributed by atoms with van der Waals surface area (Å²) in [7, 11) is 0. The van der Waals surface area contributed by atoms with Crippen LogP contribution in [-0.2, 0) is 11.3 Å². The summed E-state index contributed by atoms with van der Waals surface area (Å²) in [5, 5.41) is 14.4. The van der Waals surface area contributed by atoms with Gasteiger partial charge in [-0.3, -0.25) is 4.79 Å². The molecule has 28 heavy (non-hydrogen) atoms. The van der Waals surface area contributed by atoms with E-state index in [-0.39, 0.29) is 18.2 Å². The Balaban J connectivity index is 1.93. The molecule has 0 aliphatic carbocycles. The molecule has 3 aromatic rings. The number of carbonyl (C=O) groups excluding carboxylic acids is 1. The second kappa shape index (κ2) is 8.68. The molecule has 0 bridgehead atoms. The van der Waals surface area contributed by atoms with Crippen LogP contribution in [0.5, 0.6) is 5.75 Å². The molecular formula is C23H21Cl2NO2. The van der Waals surface area contributed by atoms with Gasteiger partial charge in [-0.1, -0.05) is 71.2 Å². The number of hydrogen-bond donors (Lipinski definition) is 2. The molecular weight excluding hydrogens is 393 g/mol. The number of aryl methyl sites for hydroxylation is 2. The van der Waals surface area contributed by atoms with Crippen LogP contribution < -0.4 is 5.32 Å². The van der Waals surface area contributed by atoms with E-state index in [1.807, 2.05) is 62.4 Å². The number of phenolic OH excluding ortho intramolecular Hbond substituents is 1. The average Bonchev–Trinajstić information content (AvgIpc) is 2.65. The highest BCUT2D eigenvalue weighted by atomic mass is 35.5. The fourth-order valence-corrected chi connectivity index (χ4v) is 3.92. The zero-order valence-corrected chi connectivity index (χ0v) is 17.2. The van der Waals surface area contributed by atoms with E-state index in [1.165, 1.54) is 0 Å². The minimum atomic E-state index is -0.632. The summed E-state index contributed by atoms with van der Waals surface area (Å²) >= 11 is 12.3. The van der Waals surface area contributed by atoms with E-state index >= 15 is 0 Å². The minimum Gasteiger partial charge on any atom is -0.508 e. The fourth-order valence-electron chi connectivity index (χ4n) is 3.26. The molecule has 0 unspecified atom stereocenters. The standard InChI is InChI=1S/C23H21Cl2NO2/c1-14-8-9-21(27)18(10-14)22(16-6-4-3-5-7-16)23(28)26-13-19-15(2)11-17(24)12-20(19)25/h3-12,22,27H,13H2,1-2H3,(H,26,28)/t22-/m1/s1. The molecule has 0 aliphatic rings. The van der Waals surface area contributed by atoms with Crippen molar-refractivity contribution in [3.05, 3.63) is 98.5 Å². The molecule has 0 spiro atoms. The molecule has 2 N–H and O–H groups in total. The number of phenols is 1. The van der Waals surface area contributed by atoms with Gasteiger partial charge < -0.3 is 10.4 Å². The number of amides is 1. The van der Waals surface area contributed by atoms with Gasteiger partial charge in [-0.15, -0.1) is 0 Å². The maximum absolute atomic E-state index is 13.2. The van der Waals surface area contributed by atoms with Crippen LogP contribution in [0.2, 0.25) is 10.0 Å². The van der Waals surface area contributed by atoms with Crippen molar-refractivity contribution < 1.29 is 9.90 Å². The van der Waals surface area contributed by atoms with Crippen LogP contribution in [0.4, 0.5) is 0 Å². The van der Waals surface area contributed by atoms with Crippen molar-refractivity contribution >= 4 is 29.1 Å². The monoisotopic (exact) mass is 413 g/mol. The average molecular weight is 414 g/mol. The topological polar surface area (TPSA) is 49.3 Å². The van der Waals surface area contributed by atoms with Crippen molar-refractivity contribution in [1.29, 1.82) is 0 Å². The number of aromatic hydroxyl groups is 1. The fraction of sp³-hybridized carbons (Fsp3) is 0.174. The Bertz CT molecular complexity index is 980. The highest BCUT2D eigenvalue weighted by molar-refractivity contribution is 6.35. The molecule has 5 heteroatoms. The molecule has 144 valence electrons. The SMILES string of the molecule is Cc1ccc(O)c([C@H](C(=O)NCc2c(C)cc(Cl)cc2Cl)c2ccccc2)c1. The Morgan fingerprint density at radius 2 is 1.75 bits per heavy atom. The second-order valence-corrected chi connectivity index (χ2v) is 7.65. The Morgan fingerprint density at radius 3 is 2.43 bits per heavy atom. The van der Waals surface area contributed by atoms with Crippen LogP contribution in [-0.4, -0.2) is 11.0 Å². The lowest BCUT2D eigenvalue weighted by atomic mass is 9.89. The molecule has 0 heterocycles. The lowest BCUT2D eigenvalue weighted by molar-refractivity contribution is -0.121. The Morgan fingerprint density at radius 1 is 1.04 bits per heavy atom. The summed E-state index contributed by atoms with van der Waals surface area (Å²) in [5.74, 6) is -0.750. The van der Waals surface area contributed by atoms with E-state index in [4.69, 9.17) is 23.2 Å². The molecule has 0 saturated carbocycles. The van der Waals surface area contributed by atoms with Gasteiger partial charge in [0, 0.05) is 22.2 Å². The number of halogens is 2. The van der Waals surface area contributed by atoms with E-state index < -0.39 is 5.92 Å². The molecule has 0 fully saturated rings. The molecule has 0 aliphatic heterocycles. The third-order valence-electron chi connectivity index (χ3n) is 4.71. The third kappa shape index (κ3) is 4.49. The molecule has 0 radical (unpaired) electrons. The molecule has 3 nitrogen and oxygen atoms in total. The number of benzene rings is 3. The van der Waals surface area contributed by atoms with E-state index in [2.05, 4.69) is 5.32 Å². The third-order valence-corrected chi connectivity index (χ3v) is 5.27. The van der Waals surface area contributed by atoms with E-state index in [0.717, 1.165) is 22.3 Å². The van der Waals surface area contributed by atoms with Gasteiger partial charge in [0.15, 0.2) is 0 Å². The van der Waals surface area contributed by atoms with Gasteiger partial charge in [-0.2, -0.15) is 0 Å². The summed E-state index contributed by atoms with van der Waals surface area (Å²) in [4.78, 5) is 13.2. The van der Waals surface area contributed by atoms with Crippen LogP contribution in [0, 0.1) is 13.8 Å². The molecule has 0 aromatic heterocycles. The summed E-state index contributed by atoms with van der Waals surface area (Å²) in [6.45, 7) is 4.11. The van der Waals surface area contributed by atoms with Crippen LogP contribution in [0.15, 0.2) is 60.7 Å². The van der Waals surface area contributed by atoms with Crippen molar-refractivity contribution in [2.75, 3.05) is 0 Å². The van der Waals surface area contributed by atoms with Crippen molar-refractivity contribution in [2.45, 2.75) is 26.3 Å². The van der Waals surface area contributed by atoms with Crippen molar-refractivity contribution in [2.24, 2.45) is 0 Å². The predicted molar refractivity (Wildman–Crippen MR) is 114 cm³/mol. The summed E-state index contributed by atoms with van der Waals surface area (Å²) in [5.41, 5.74) is 4.08. The zero-order chi connectivity index (χ0) is 20.3. The van der Waals surface area contributed by atoms with Gasteiger partial charge in [0.25, 0.3) is 0 Å². The maximum Gasteiger partial charge on any atom is 0.232 e. The van der Waals surface area contributed by atoms with E-state index in [0.29, 0.717) is 15.6 Å². The maximum atomic E-state index is 13.2. The quantitative estimate of drug-likeness (QED) is 0.557. The van der Waals surface area contributed by atoms with Crippen LogP contribution >= 0.6 is 23.2 Å². The first-order valence-corrected chi connectivity index (χ1v) is 9.69. The van der Waals surface area contributed by atoms with Crippen molar-refractivity contribution in [3.8, 4) is 5.75 Å². The smallest absolute Gasteiger partial charge is 0.232 e. The molecule has 1 atom stereocenters. The Hall–Kier alpha value is -2.49. The van der Waals surface area contributed by atoms with Gasteiger partial charge >= 0.3 is 0 Å². The predicted octanol–water partition coefficient (Wildman–Crippen LogP) is 5.76. The number of carbonyl (C=O) groups is 1. The lowest BCUT2D eigenvalue weighted by Gasteiger charge is -2.20. The van der Waals surface area contributed by atoms with Crippen LogP contribution in [0.25, 0.3) is 0 Å². The normalized spacial score (nSPS) is 11.9. The summed E-state index contributed by atoms with van der Waals surface area (Å²) < 4.78 is 0. The van der Waals surface area contributed by atoms with Crippen LogP contribution in [0.3, 0.4) is 0 Å². The van der Waals surface area contributed by atoms with Crippen molar-refractivity contribution in [3.63, 3.8) is 0 Å². The van der Waals surface area contributed by atoms with Crippen LogP contribution in [0.1, 0.15) is 33.7 Å². The minimum absolute atomic E-state index is 0.0929. The molecule has 3 aromatic carbocycles. The summed E-state index contributed by atoms with van der Waals surface area (Å²) in [6, 6.07) is 18.2. The van der Waals surface area contributed by atoms with Crippen molar-refractivity contribution in [1.82, 2.24) is 5.32 Å². The first kappa shape index (κ1) is 20.2. The highest BCUT2D eigenvalue weighted by Gasteiger charge is 2.25. The molecule has 1 amide bonds. The first-order chi connectivity index (χ1) is 13.4. The molecule has 0 saturated heterocycles. The highest BCUT2D eigenvalue weighted by Crippen LogP contribution is 2.33. The number of nitrogens with one attached hydrogen (secondary N) is 1. The zero-order valence-electron chi connectivity index (χ0n) is 15.7. The summed E-state index contributed by atoms with van der Waals surface area (Å²) in [6.07, 6.45) is 0. The lowest BCUT2D eigenvalue weighted by Crippen LogP contribution is -2.30. The van der Waals surface area contributed by atoms with E-state index in [9.17, 15) is 9.90 Å². The molecule has 3 rings (SSSR count). The van der Waals surface area contributed by atoms with Gasteiger partial charge in [0.1, 0.15) is 5.75 Å². The van der Waals surface area contributed by atoms with Gasteiger partial charge in [0.05, 0.1) is 5.92 Å².